The standard InChI is InChI=1S/C24H27F3N6S/c1-32-22(20-15-28-8-9-29-20)30-31-23(32)34-12-2-10-33-11-7-17-13-18(14-21(17)33)16-3-5-19(6-4-16)24(25,26)27/h3-6,8-9,15,17-18,21H,2,7,10-14H2,1H3/t17-,18+,21?/m1/s1. The molecule has 1 aliphatic heterocycles. The van der Waals surface area contributed by atoms with Crippen molar-refractivity contribution >= 4 is 11.8 Å². The van der Waals surface area contributed by atoms with Gasteiger partial charge in [-0.25, -0.2) is 4.98 Å². The molecule has 0 N–H and O–H groups in total. The molecule has 0 amide bonds. The molecule has 34 heavy (non-hydrogen) atoms. The van der Waals surface area contributed by atoms with Crippen LogP contribution in [0.3, 0.4) is 0 Å². The summed E-state index contributed by atoms with van der Waals surface area (Å²) >= 11 is 1.69. The molecule has 1 saturated heterocycles. The van der Waals surface area contributed by atoms with Gasteiger partial charge in [0.25, 0.3) is 0 Å². The summed E-state index contributed by atoms with van der Waals surface area (Å²) in [4.78, 5) is 11.0. The number of likely N-dealkylation sites (tertiary alicyclic amines) is 1. The Balaban J connectivity index is 1.11. The highest BCUT2D eigenvalue weighted by Crippen LogP contribution is 2.46. The van der Waals surface area contributed by atoms with Crippen molar-refractivity contribution in [1.29, 1.82) is 0 Å². The minimum atomic E-state index is -4.28. The number of alkyl halides is 3. The molecule has 1 aliphatic carbocycles. The Morgan fingerprint density at radius 2 is 1.91 bits per heavy atom. The molecular formula is C24H27F3N6S. The van der Waals surface area contributed by atoms with Crippen molar-refractivity contribution in [3.05, 3.63) is 54.0 Å². The minimum absolute atomic E-state index is 0.354. The third kappa shape index (κ3) is 4.84. The molecule has 1 saturated carbocycles. The molecule has 1 aromatic carbocycles. The van der Waals surface area contributed by atoms with E-state index in [1.165, 1.54) is 18.6 Å². The van der Waals surface area contributed by atoms with Gasteiger partial charge < -0.3 is 9.47 Å². The van der Waals surface area contributed by atoms with Gasteiger partial charge in [0.15, 0.2) is 11.0 Å². The van der Waals surface area contributed by atoms with Crippen LogP contribution >= 0.6 is 11.8 Å². The number of thioether (sulfide) groups is 1. The Kier molecular flexibility index (Phi) is 6.61. The molecule has 0 bridgehead atoms. The summed E-state index contributed by atoms with van der Waals surface area (Å²) < 4.78 is 40.6. The van der Waals surface area contributed by atoms with Gasteiger partial charge in [-0.1, -0.05) is 23.9 Å². The summed E-state index contributed by atoms with van der Waals surface area (Å²) in [7, 11) is 1.94. The van der Waals surface area contributed by atoms with E-state index in [9.17, 15) is 13.2 Å². The van der Waals surface area contributed by atoms with Crippen LogP contribution in [0.1, 0.15) is 42.7 Å². The van der Waals surface area contributed by atoms with E-state index >= 15 is 0 Å². The van der Waals surface area contributed by atoms with Crippen molar-refractivity contribution in [2.24, 2.45) is 13.0 Å². The Morgan fingerprint density at radius 1 is 1.09 bits per heavy atom. The third-order valence-electron chi connectivity index (χ3n) is 7.07. The Bertz CT molecular complexity index is 1100. The zero-order valence-electron chi connectivity index (χ0n) is 18.9. The number of nitrogens with zero attached hydrogens (tertiary/aromatic N) is 6. The fourth-order valence-corrected chi connectivity index (χ4v) is 6.20. The number of hydrogen-bond donors (Lipinski definition) is 0. The van der Waals surface area contributed by atoms with Gasteiger partial charge in [0.2, 0.25) is 0 Å². The van der Waals surface area contributed by atoms with E-state index in [2.05, 4.69) is 25.1 Å². The summed E-state index contributed by atoms with van der Waals surface area (Å²) in [5.74, 6) is 2.65. The molecule has 2 aromatic heterocycles. The molecule has 0 spiro atoms. The highest BCUT2D eigenvalue weighted by molar-refractivity contribution is 7.99. The summed E-state index contributed by atoms with van der Waals surface area (Å²) in [6.45, 7) is 2.14. The Hall–Kier alpha value is -2.46. The molecule has 6 nitrogen and oxygen atoms in total. The SMILES string of the molecule is Cn1c(SCCCN2CC[C@@H]3C[C@H](c4ccc(C(F)(F)F)cc4)CC32)nnc1-c1cnccn1. The maximum absolute atomic E-state index is 12.9. The number of fused-ring (bicyclic) bond motifs is 1. The largest absolute Gasteiger partial charge is 0.416 e. The van der Waals surface area contributed by atoms with Gasteiger partial charge in [0, 0.05) is 31.2 Å². The molecular weight excluding hydrogens is 461 g/mol. The first-order chi connectivity index (χ1) is 16.4. The molecule has 3 aromatic rings. The second-order valence-electron chi connectivity index (χ2n) is 9.10. The van der Waals surface area contributed by atoms with E-state index < -0.39 is 11.7 Å². The van der Waals surface area contributed by atoms with Crippen molar-refractivity contribution in [2.45, 2.75) is 49.0 Å². The highest BCUT2D eigenvalue weighted by atomic mass is 32.2. The molecule has 2 aliphatic rings. The first-order valence-corrected chi connectivity index (χ1v) is 12.6. The smallest absolute Gasteiger partial charge is 0.304 e. The van der Waals surface area contributed by atoms with E-state index in [1.54, 1.807) is 42.5 Å². The molecule has 10 heteroatoms. The van der Waals surface area contributed by atoms with Gasteiger partial charge in [-0.15, -0.1) is 10.2 Å². The van der Waals surface area contributed by atoms with Crippen LogP contribution in [0.4, 0.5) is 13.2 Å². The van der Waals surface area contributed by atoms with Gasteiger partial charge in [0.05, 0.1) is 11.8 Å². The van der Waals surface area contributed by atoms with Crippen LogP contribution < -0.4 is 0 Å². The molecule has 1 unspecified atom stereocenters. The minimum Gasteiger partial charge on any atom is -0.304 e. The normalized spacial score (nSPS) is 22.9. The number of benzene rings is 1. The van der Waals surface area contributed by atoms with E-state index in [0.717, 1.165) is 48.8 Å². The van der Waals surface area contributed by atoms with Crippen molar-refractivity contribution < 1.29 is 13.2 Å². The van der Waals surface area contributed by atoms with Crippen molar-refractivity contribution in [3.63, 3.8) is 0 Å². The van der Waals surface area contributed by atoms with E-state index in [-0.39, 0.29) is 0 Å². The van der Waals surface area contributed by atoms with Crippen LogP contribution in [0.15, 0.2) is 48.0 Å². The molecule has 2 fully saturated rings. The first kappa shape index (κ1) is 23.3. The van der Waals surface area contributed by atoms with Crippen LogP contribution in [-0.4, -0.2) is 54.5 Å². The third-order valence-corrected chi connectivity index (χ3v) is 8.18. The number of aromatic nitrogens is 5. The average molecular weight is 489 g/mol. The fraction of sp³-hybridized carbons (Fsp3) is 0.500. The lowest BCUT2D eigenvalue weighted by molar-refractivity contribution is -0.137. The number of rotatable bonds is 7. The fourth-order valence-electron chi connectivity index (χ4n) is 5.36. The summed E-state index contributed by atoms with van der Waals surface area (Å²) in [6, 6.07) is 6.33. The predicted octanol–water partition coefficient (Wildman–Crippen LogP) is 5.04. The summed E-state index contributed by atoms with van der Waals surface area (Å²) in [6.07, 6.45) is 5.02. The van der Waals surface area contributed by atoms with Crippen molar-refractivity contribution in [2.75, 3.05) is 18.8 Å². The van der Waals surface area contributed by atoms with Gasteiger partial charge in [-0.3, -0.25) is 4.98 Å². The van der Waals surface area contributed by atoms with E-state index in [4.69, 9.17) is 0 Å². The molecule has 3 atom stereocenters. The molecule has 3 heterocycles. The van der Waals surface area contributed by atoms with Crippen LogP contribution in [0.5, 0.6) is 0 Å². The van der Waals surface area contributed by atoms with Crippen molar-refractivity contribution in [1.82, 2.24) is 29.6 Å². The Morgan fingerprint density at radius 3 is 2.65 bits per heavy atom. The van der Waals surface area contributed by atoms with Crippen LogP contribution in [0.2, 0.25) is 0 Å². The van der Waals surface area contributed by atoms with Crippen molar-refractivity contribution in [3.8, 4) is 11.5 Å². The van der Waals surface area contributed by atoms with Crippen LogP contribution in [0, 0.1) is 5.92 Å². The topological polar surface area (TPSA) is 59.7 Å². The first-order valence-electron chi connectivity index (χ1n) is 11.6. The second kappa shape index (κ2) is 9.65. The molecule has 5 rings (SSSR count). The zero-order valence-corrected chi connectivity index (χ0v) is 19.8. The lowest BCUT2D eigenvalue weighted by Crippen LogP contribution is -2.31. The molecule has 180 valence electrons. The summed E-state index contributed by atoms with van der Waals surface area (Å²) in [5.41, 5.74) is 1.18. The highest BCUT2D eigenvalue weighted by Gasteiger charge is 2.42. The van der Waals surface area contributed by atoms with E-state index in [0.29, 0.717) is 29.4 Å². The van der Waals surface area contributed by atoms with Gasteiger partial charge in [-0.05, 0) is 68.3 Å². The van der Waals surface area contributed by atoms with Gasteiger partial charge in [-0.2, -0.15) is 13.2 Å². The average Bonchev–Trinajstić information content (AvgIpc) is 3.52. The molecule has 0 radical (unpaired) electrons. The predicted molar refractivity (Wildman–Crippen MR) is 124 cm³/mol. The lowest BCUT2D eigenvalue weighted by atomic mass is 9.94. The summed E-state index contributed by atoms with van der Waals surface area (Å²) in [5, 5.41) is 9.43. The van der Waals surface area contributed by atoms with E-state index in [1.807, 2.05) is 11.6 Å². The lowest BCUT2D eigenvalue weighted by Gasteiger charge is -2.24. The van der Waals surface area contributed by atoms with Gasteiger partial charge >= 0.3 is 6.18 Å². The Labute approximate surface area is 201 Å². The zero-order chi connectivity index (χ0) is 23.7. The van der Waals surface area contributed by atoms with Crippen LogP contribution in [-0.2, 0) is 13.2 Å². The number of halogens is 3. The van der Waals surface area contributed by atoms with Gasteiger partial charge in [0.1, 0.15) is 5.69 Å². The quantitative estimate of drug-likeness (QED) is 0.343. The van der Waals surface area contributed by atoms with Crippen LogP contribution in [0.25, 0.3) is 11.5 Å². The maximum Gasteiger partial charge on any atom is 0.416 e. The second-order valence-corrected chi connectivity index (χ2v) is 10.2. The number of hydrogen-bond acceptors (Lipinski definition) is 6. The maximum atomic E-state index is 12.9. The monoisotopic (exact) mass is 488 g/mol.